The fourth-order valence-corrected chi connectivity index (χ4v) is 1.44. The molecule has 0 aliphatic rings. The van der Waals surface area contributed by atoms with Crippen molar-refractivity contribution in [3.63, 3.8) is 0 Å². The molecule has 1 rings (SSSR count). The Morgan fingerprint density at radius 3 is 2.77 bits per heavy atom. The van der Waals surface area contributed by atoms with Gasteiger partial charge in [0.05, 0.1) is 0 Å². The molecule has 0 amide bonds. The maximum atomic E-state index is 8.06. The third-order valence-electron chi connectivity index (χ3n) is 1.56. The van der Waals surface area contributed by atoms with Gasteiger partial charge in [-0.2, -0.15) is 0 Å². The first-order chi connectivity index (χ1) is 6.24. The van der Waals surface area contributed by atoms with E-state index in [1.54, 1.807) is 12.1 Å². The van der Waals surface area contributed by atoms with Gasteiger partial charge in [0.15, 0.2) is 0 Å². The minimum atomic E-state index is 0.415. The third kappa shape index (κ3) is 3.15. The molecule has 13 heavy (non-hydrogen) atoms. The van der Waals surface area contributed by atoms with E-state index in [-0.39, 0.29) is 0 Å². The Morgan fingerprint density at radius 2 is 2.15 bits per heavy atom. The highest BCUT2D eigenvalue weighted by molar-refractivity contribution is 6.35. The van der Waals surface area contributed by atoms with E-state index in [2.05, 4.69) is 10.0 Å². The summed E-state index contributed by atoms with van der Waals surface area (Å²) in [5, 5.41) is 4.64. The fourth-order valence-electron chi connectivity index (χ4n) is 0.940. The van der Waals surface area contributed by atoms with Gasteiger partial charge in [0.2, 0.25) is 0 Å². The molecule has 0 aromatic heterocycles. The van der Waals surface area contributed by atoms with Gasteiger partial charge < -0.3 is 0 Å². The molecule has 0 saturated carbocycles. The molecule has 0 radical (unpaired) electrons. The van der Waals surface area contributed by atoms with Crippen LogP contribution in [0.5, 0.6) is 0 Å². The van der Waals surface area contributed by atoms with Crippen molar-refractivity contribution >= 4 is 23.2 Å². The number of azide groups is 1. The zero-order chi connectivity index (χ0) is 9.68. The Kier molecular flexibility index (Phi) is 3.90. The van der Waals surface area contributed by atoms with E-state index < -0.39 is 0 Å². The SMILES string of the molecule is [N-]=[N+]=NCCc1ccc(Cl)cc1Cl. The molecule has 0 unspecified atom stereocenters. The normalized spacial score (nSPS) is 9.38. The van der Waals surface area contributed by atoms with Crippen LogP contribution in [-0.4, -0.2) is 6.54 Å². The first kappa shape index (κ1) is 10.2. The zero-order valence-corrected chi connectivity index (χ0v) is 8.26. The lowest BCUT2D eigenvalue weighted by Crippen LogP contribution is -1.89. The molecule has 0 aliphatic heterocycles. The van der Waals surface area contributed by atoms with Crippen molar-refractivity contribution in [1.82, 2.24) is 0 Å². The highest BCUT2D eigenvalue weighted by Gasteiger charge is 1.99. The molecule has 0 saturated heterocycles. The minimum Gasteiger partial charge on any atom is -0.0936 e. The summed E-state index contributed by atoms with van der Waals surface area (Å²) in [5.74, 6) is 0. The second-order valence-electron chi connectivity index (χ2n) is 2.44. The average molecular weight is 216 g/mol. The number of halogens is 2. The van der Waals surface area contributed by atoms with E-state index in [0.717, 1.165) is 5.56 Å². The summed E-state index contributed by atoms with van der Waals surface area (Å²) in [6.07, 6.45) is 0.639. The van der Waals surface area contributed by atoms with Crippen molar-refractivity contribution in [2.45, 2.75) is 6.42 Å². The Hall–Kier alpha value is -0.890. The molecule has 0 heterocycles. The van der Waals surface area contributed by atoms with Gasteiger partial charge in [0.25, 0.3) is 0 Å². The Bertz CT molecular complexity index is 345. The molecule has 1 aromatic carbocycles. The Morgan fingerprint density at radius 1 is 1.38 bits per heavy atom. The molecule has 5 heteroatoms. The monoisotopic (exact) mass is 215 g/mol. The van der Waals surface area contributed by atoms with Gasteiger partial charge in [0, 0.05) is 21.5 Å². The van der Waals surface area contributed by atoms with E-state index >= 15 is 0 Å². The van der Waals surface area contributed by atoms with Gasteiger partial charge >= 0.3 is 0 Å². The summed E-state index contributed by atoms with van der Waals surface area (Å²) in [6, 6.07) is 5.27. The highest BCUT2D eigenvalue weighted by atomic mass is 35.5. The van der Waals surface area contributed by atoms with Crippen LogP contribution in [0.2, 0.25) is 10.0 Å². The Balaban J connectivity index is 2.71. The van der Waals surface area contributed by atoms with Gasteiger partial charge in [-0.15, -0.1) is 0 Å². The van der Waals surface area contributed by atoms with Crippen LogP contribution in [0.3, 0.4) is 0 Å². The van der Waals surface area contributed by atoms with E-state index in [1.165, 1.54) is 0 Å². The van der Waals surface area contributed by atoms with Gasteiger partial charge in [-0.05, 0) is 29.6 Å². The highest BCUT2D eigenvalue weighted by Crippen LogP contribution is 2.21. The molecule has 0 N–H and O–H groups in total. The van der Waals surface area contributed by atoms with Crippen LogP contribution in [0.1, 0.15) is 5.56 Å². The predicted octanol–water partition coefficient (Wildman–Crippen LogP) is 3.85. The molecular weight excluding hydrogens is 209 g/mol. The first-order valence-corrected chi connectivity index (χ1v) is 4.44. The van der Waals surface area contributed by atoms with Gasteiger partial charge in [-0.25, -0.2) is 0 Å². The second kappa shape index (κ2) is 4.97. The van der Waals surface area contributed by atoms with Gasteiger partial charge in [-0.1, -0.05) is 34.4 Å². The molecule has 0 aliphatic carbocycles. The summed E-state index contributed by atoms with van der Waals surface area (Å²) in [5.41, 5.74) is 9.00. The quantitative estimate of drug-likeness (QED) is 0.418. The summed E-state index contributed by atoms with van der Waals surface area (Å²) < 4.78 is 0. The van der Waals surface area contributed by atoms with Crippen molar-refractivity contribution in [1.29, 1.82) is 0 Å². The maximum absolute atomic E-state index is 8.06. The predicted molar refractivity (Wildman–Crippen MR) is 54.2 cm³/mol. The lowest BCUT2D eigenvalue weighted by molar-refractivity contribution is 0.956. The third-order valence-corrected chi connectivity index (χ3v) is 2.15. The number of rotatable bonds is 3. The van der Waals surface area contributed by atoms with Crippen LogP contribution in [0.25, 0.3) is 10.4 Å². The standard InChI is InChI=1S/C8H7Cl2N3/c9-7-2-1-6(8(10)5-7)3-4-12-13-11/h1-2,5H,3-4H2. The maximum Gasteiger partial charge on any atom is 0.0452 e. The number of hydrogen-bond donors (Lipinski definition) is 0. The summed E-state index contributed by atoms with van der Waals surface area (Å²) in [6.45, 7) is 0.415. The molecular formula is C8H7Cl2N3. The summed E-state index contributed by atoms with van der Waals surface area (Å²) in [4.78, 5) is 2.65. The number of benzene rings is 1. The second-order valence-corrected chi connectivity index (χ2v) is 3.28. The largest absolute Gasteiger partial charge is 0.0936 e. The van der Waals surface area contributed by atoms with Crippen molar-refractivity contribution in [2.75, 3.05) is 6.54 Å². The fraction of sp³-hybridized carbons (Fsp3) is 0.250. The topological polar surface area (TPSA) is 48.8 Å². The van der Waals surface area contributed by atoms with Crippen LogP contribution < -0.4 is 0 Å². The Labute approximate surface area is 85.9 Å². The molecule has 68 valence electrons. The van der Waals surface area contributed by atoms with E-state index in [1.807, 2.05) is 6.07 Å². The summed E-state index contributed by atoms with van der Waals surface area (Å²) in [7, 11) is 0. The smallest absolute Gasteiger partial charge is 0.0452 e. The van der Waals surface area contributed by atoms with Crippen LogP contribution >= 0.6 is 23.2 Å². The average Bonchev–Trinajstić information content (AvgIpc) is 2.09. The van der Waals surface area contributed by atoms with Crippen molar-refractivity contribution in [3.05, 3.63) is 44.3 Å². The van der Waals surface area contributed by atoms with E-state index in [9.17, 15) is 0 Å². The molecule has 1 aromatic rings. The molecule has 0 atom stereocenters. The molecule has 0 bridgehead atoms. The van der Waals surface area contributed by atoms with Crippen LogP contribution in [0.15, 0.2) is 23.3 Å². The molecule has 0 spiro atoms. The lowest BCUT2D eigenvalue weighted by atomic mass is 10.1. The number of hydrogen-bond acceptors (Lipinski definition) is 1. The van der Waals surface area contributed by atoms with Crippen LogP contribution in [0, 0.1) is 0 Å². The first-order valence-electron chi connectivity index (χ1n) is 3.69. The van der Waals surface area contributed by atoms with Crippen LogP contribution in [0.4, 0.5) is 0 Å². The van der Waals surface area contributed by atoms with Crippen molar-refractivity contribution in [3.8, 4) is 0 Å². The van der Waals surface area contributed by atoms with Crippen molar-refractivity contribution < 1.29 is 0 Å². The molecule has 3 nitrogen and oxygen atoms in total. The molecule has 0 fully saturated rings. The van der Waals surface area contributed by atoms with E-state index in [4.69, 9.17) is 28.7 Å². The minimum absolute atomic E-state index is 0.415. The van der Waals surface area contributed by atoms with Gasteiger partial charge in [-0.3, -0.25) is 0 Å². The van der Waals surface area contributed by atoms with Crippen LogP contribution in [-0.2, 0) is 6.42 Å². The lowest BCUT2D eigenvalue weighted by Gasteiger charge is -2.01. The summed E-state index contributed by atoms with van der Waals surface area (Å²) >= 11 is 11.6. The number of nitrogens with zero attached hydrogens (tertiary/aromatic N) is 3. The zero-order valence-electron chi connectivity index (χ0n) is 6.74. The van der Waals surface area contributed by atoms with Crippen molar-refractivity contribution in [2.24, 2.45) is 5.11 Å². The van der Waals surface area contributed by atoms with Gasteiger partial charge in [0.1, 0.15) is 0 Å². The van der Waals surface area contributed by atoms with E-state index in [0.29, 0.717) is 23.0 Å².